The summed E-state index contributed by atoms with van der Waals surface area (Å²) in [5.74, 6) is -0.0663. The van der Waals surface area contributed by atoms with E-state index in [4.69, 9.17) is 11.6 Å². The summed E-state index contributed by atoms with van der Waals surface area (Å²) in [6, 6.07) is 14.4. The first-order chi connectivity index (χ1) is 10.5. The lowest BCUT2D eigenvalue weighted by atomic mass is 10.1. The second-order valence-corrected chi connectivity index (χ2v) is 6.69. The molecule has 3 nitrogen and oxygen atoms in total. The molecule has 0 aliphatic rings. The van der Waals surface area contributed by atoms with Crippen LogP contribution >= 0.6 is 23.4 Å². The second-order valence-electron chi connectivity index (χ2n) is 4.84. The van der Waals surface area contributed by atoms with Gasteiger partial charge in [0.25, 0.3) is 0 Å². The van der Waals surface area contributed by atoms with Crippen LogP contribution in [0.5, 0.6) is 0 Å². The fourth-order valence-electron chi connectivity index (χ4n) is 1.95. The Kier molecular flexibility index (Phi) is 5.63. The van der Waals surface area contributed by atoms with Gasteiger partial charge < -0.3 is 5.32 Å². The number of hydrogen-bond donors (Lipinski definition) is 1. The molecule has 2 aromatic carbocycles. The molecule has 2 aromatic rings. The van der Waals surface area contributed by atoms with Gasteiger partial charge in [-0.05, 0) is 43.3 Å². The van der Waals surface area contributed by atoms with Crippen LogP contribution in [0, 0.1) is 0 Å². The van der Waals surface area contributed by atoms with Gasteiger partial charge in [-0.2, -0.15) is 0 Å². The molecule has 1 atom stereocenters. The molecule has 0 heterocycles. The zero-order chi connectivity index (χ0) is 16.1. The first kappa shape index (κ1) is 16.6. The van der Waals surface area contributed by atoms with E-state index in [9.17, 15) is 9.59 Å². The first-order valence-corrected chi connectivity index (χ1v) is 8.05. The summed E-state index contributed by atoms with van der Waals surface area (Å²) < 4.78 is 0. The average Bonchev–Trinajstić information content (AvgIpc) is 2.48. The van der Waals surface area contributed by atoms with Crippen LogP contribution in [0.2, 0.25) is 5.02 Å². The summed E-state index contributed by atoms with van der Waals surface area (Å²) in [5.41, 5.74) is 1.35. The molecule has 1 N–H and O–H groups in total. The van der Waals surface area contributed by atoms with Gasteiger partial charge in [-0.3, -0.25) is 9.59 Å². The molecule has 22 heavy (non-hydrogen) atoms. The maximum Gasteiger partial charge on any atom is 0.221 e. The van der Waals surface area contributed by atoms with E-state index < -0.39 is 0 Å². The predicted octanol–water partition coefficient (Wildman–Crippen LogP) is 4.66. The monoisotopic (exact) mass is 333 g/mol. The zero-order valence-corrected chi connectivity index (χ0v) is 13.9. The average molecular weight is 334 g/mol. The largest absolute Gasteiger partial charge is 0.326 e. The van der Waals surface area contributed by atoms with Crippen molar-refractivity contribution in [3.63, 3.8) is 0 Å². The Morgan fingerprint density at radius 1 is 1.14 bits per heavy atom. The number of ketones is 1. The minimum Gasteiger partial charge on any atom is -0.326 e. The molecule has 0 spiro atoms. The molecule has 0 fully saturated rings. The number of benzene rings is 2. The highest BCUT2D eigenvalue weighted by Gasteiger charge is 2.16. The molecule has 0 saturated heterocycles. The lowest BCUT2D eigenvalue weighted by Gasteiger charge is -2.11. The number of carbonyl (C=O) groups is 2. The number of halogens is 1. The van der Waals surface area contributed by atoms with Crippen LogP contribution < -0.4 is 5.32 Å². The Labute approximate surface area is 139 Å². The number of hydrogen-bond acceptors (Lipinski definition) is 3. The molecule has 0 radical (unpaired) electrons. The summed E-state index contributed by atoms with van der Waals surface area (Å²) in [5, 5.41) is 3.05. The number of anilines is 1. The van der Waals surface area contributed by atoms with Gasteiger partial charge in [0.1, 0.15) is 0 Å². The minimum absolute atomic E-state index is 0.0402. The van der Waals surface area contributed by atoms with Gasteiger partial charge in [-0.25, -0.2) is 0 Å². The Morgan fingerprint density at radius 3 is 2.41 bits per heavy atom. The van der Waals surface area contributed by atoms with Crippen LogP contribution in [0.25, 0.3) is 0 Å². The van der Waals surface area contributed by atoms with Gasteiger partial charge in [0.2, 0.25) is 5.91 Å². The van der Waals surface area contributed by atoms with Gasteiger partial charge in [0.15, 0.2) is 5.78 Å². The summed E-state index contributed by atoms with van der Waals surface area (Å²) in [4.78, 5) is 24.3. The van der Waals surface area contributed by atoms with E-state index in [0.717, 1.165) is 10.6 Å². The van der Waals surface area contributed by atoms with Crippen molar-refractivity contribution in [1.82, 2.24) is 0 Å². The first-order valence-electron chi connectivity index (χ1n) is 6.80. The Hall–Kier alpha value is -1.78. The number of nitrogens with one attached hydrogen (secondary N) is 1. The third-order valence-corrected chi connectivity index (χ3v) is 4.31. The van der Waals surface area contributed by atoms with E-state index in [1.807, 2.05) is 31.2 Å². The number of amides is 1. The molecule has 0 aliphatic heterocycles. The molecule has 5 heteroatoms. The van der Waals surface area contributed by atoms with Crippen molar-refractivity contribution < 1.29 is 9.59 Å². The molecule has 0 bridgehead atoms. The molecule has 0 aliphatic carbocycles. The summed E-state index contributed by atoms with van der Waals surface area (Å²) in [6.45, 7) is 3.34. The number of rotatable bonds is 5. The molecule has 1 amide bonds. The van der Waals surface area contributed by atoms with Crippen LogP contribution in [-0.2, 0) is 4.79 Å². The fourth-order valence-corrected chi connectivity index (χ4v) is 3.09. The summed E-state index contributed by atoms with van der Waals surface area (Å²) >= 11 is 7.39. The highest BCUT2D eigenvalue weighted by molar-refractivity contribution is 8.00. The molecule has 1 unspecified atom stereocenters. The van der Waals surface area contributed by atoms with Crippen LogP contribution in [0.3, 0.4) is 0 Å². The molecular formula is C17H16ClNO2S. The molecular weight excluding hydrogens is 318 g/mol. The molecule has 2 rings (SSSR count). The predicted molar refractivity (Wildman–Crippen MR) is 91.8 cm³/mol. The van der Waals surface area contributed by atoms with E-state index in [1.165, 1.54) is 18.7 Å². The number of Topliss-reactive ketones (excluding diaryl/α,β-unsaturated/α-hetero) is 1. The van der Waals surface area contributed by atoms with Crippen LogP contribution in [0.15, 0.2) is 53.4 Å². The van der Waals surface area contributed by atoms with E-state index in [-0.39, 0.29) is 16.9 Å². The van der Waals surface area contributed by atoms with Crippen molar-refractivity contribution in [2.45, 2.75) is 24.0 Å². The number of thioether (sulfide) groups is 1. The lowest BCUT2D eigenvalue weighted by Crippen LogP contribution is -2.13. The standard InChI is InChI=1S/C17H16ClNO2S/c1-11(17(21)13-4-3-5-14(18)10-13)22-16-8-6-15(7-9-16)19-12(2)20/h3-11H,1-2H3,(H,19,20). The van der Waals surface area contributed by atoms with Crippen molar-refractivity contribution in [2.24, 2.45) is 0 Å². The van der Waals surface area contributed by atoms with E-state index >= 15 is 0 Å². The summed E-state index contributed by atoms with van der Waals surface area (Å²) in [7, 11) is 0. The normalized spacial score (nSPS) is 11.8. The van der Waals surface area contributed by atoms with Gasteiger partial charge in [0, 0.05) is 28.1 Å². The quantitative estimate of drug-likeness (QED) is 0.639. The van der Waals surface area contributed by atoms with Crippen molar-refractivity contribution >= 4 is 40.7 Å². The lowest BCUT2D eigenvalue weighted by molar-refractivity contribution is -0.114. The van der Waals surface area contributed by atoms with E-state index in [0.29, 0.717) is 10.6 Å². The van der Waals surface area contributed by atoms with Crippen molar-refractivity contribution in [2.75, 3.05) is 5.32 Å². The third-order valence-electron chi connectivity index (χ3n) is 2.97. The molecule has 114 valence electrons. The Morgan fingerprint density at radius 2 is 1.82 bits per heavy atom. The zero-order valence-electron chi connectivity index (χ0n) is 12.3. The van der Waals surface area contributed by atoms with Crippen molar-refractivity contribution in [3.8, 4) is 0 Å². The SMILES string of the molecule is CC(=O)Nc1ccc(SC(C)C(=O)c2cccc(Cl)c2)cc1. The topological polar surface area (TPSA) is 46.2 Å². The minimum atomic E-state index is -0.218. The highest BCUT2D eigenvalue weighted by Crippen LogP contribution is 2.27. The Balaban J connectivity index is 2.03. The van der Waals surface area contributed by atoms with E-state index in [2.05, 4.69) is 5.32 Å². The third kappa shape index (κ3) is 4.61. The van der Waals surface area contributed by atoms with Crippen molar-refractivity contribution in [1.29, 1.82) is 0 Å². The second kappa shape index (κ2) is 7.47. The Bertz CT molecular complexity index is 685. The van der Waals surface area contributed by atoms with Gasteiger partial charge in [0.05, 0.1) is 5.25 Å². The fraction of sp³-hybridized carbons (Fsp3) is 0.176. The van der Waals surface area contributed by atoms with Crippen LogP contribution in [0.4, 0.5) is 5.69 Å². The maximum absolute atomic E-state index is 12.4. The molecule has 0 aromatic heterocycles. The van der Waals surface area contributed by atoms with Gasteiger partial charge in [-0.15, -0.1) is 11.8 Å². The smallest absolute Gasteiger partial charge is 0.221 e. The van der Waals surface area contributed by atoms with Crippen LogP contribution in [-0.4, -0.2) is 16.9 Å². The van der Waals surface area contributed by atoms with Gasteiger partial charge >= 0.3 is 0 Å². The van der Waals surface area contributed by atoms with Crippen LogP contribution in [0.1, 0.15) is 24.2 Å². The maximum atomic E-state index is 12.4. The van der Waals surface area contributed by atoms with Crippen molar-refractivity contribution in [3.05, 3.63) is 59.1 Å². The highest BCUT2D eigenvalue weighted by atomic mass is 35.5. The number of carbonyl (C=O) groups excluding carboxylic acids is 2. The molecule has 0 saturated carbocycles. The van der Waals surface area contributed by atoms with Gasteiger partial charge in [-0.1, -0.05) is 23.7 Å². The summed E-state index contributed by atoms with van der Waals surface area (Å²) in [6.07, 6.45) is 0. The van der Waals surface area contributed by atoms with E-state index in [1.54, 1.807) is 24.3 Å².